The van der Waals surface area contributed by atoms with Crippen LogP contribution in [0.3, 0.4) is 0 Å². The van der Waals surface area contributed by atoms with Gasteiger partial charge in [0.2, 0.25) is 11.8 Å². The van der Waals surface area contributed by atoms with E-state index in [1.54, 1.807) is 4.90 Å². The second-order valence-corrected chi connectivity index (χ2v) is 9.05. The Balaban J connectivity index is 1.45. The number of rotatable bonds is 2. The van der Waals surface area contributed by atoms with Crippen molar-refractivity contribution in [2.75, 3.05) is 13.1 Å². The fourth-order valence-electron chi connectivity index (χ4n) is 5.93. The highest BCUT2D eigenvalue weighted by molar-refractivity contribution is 6.05. The van der Waals surface area contributed by atoms with Crippen molar-refractivity contribution < 1.29 is 19.5 Å². The standard InChI is InChI=1S/C22H27N3O4/c26-18-6-5-17(19(27)24-18)25-12-14-11-15(3-4-16(14)20(25)28)22(29)9-10-23-13-21(22)7-1-2-8-21/h3-4,11,17,23,29H,1-2,5-10,12-13H2,(H,24,26,27). The fourth-order valence-corrected chi connectivity index (χ4v) is 5.93. The van der Waals surface area contributed by atoms with Gasteiger partial charge in [0.1, 0.15) is 6.04 Å². The molecule has 2 atom stereocenters. The van der Waals surface area contributed by atoms with Crippen molar-refractivity contribution in [1.82, 2.24) is 15.5 Å². The summed E-state index contributed by atoms with van der Waals surface area (Å²) < 4.78 is 0. The molecule has 1 saturated carbocycles. The number of aliphatic hydroxyl groups is 1. The van der Waals surface area contributed by atoms with Crippen molar-refractivity contribution in [3.63, 3.8) is 0 Å². The molecule has 154 valence electrons. The summed E-state index contributed by atoms with van der Waals surface area (Å²) in [6.45, 7) is 1.94. The molecule has 0 aromatic heterocycles. The molecular weight excluding hydrogens is 370 g/mol. The average Bonchev–Trinajstić information content (AvgIpc) is 3.30. The number of imide groups is 1. The number of nitrogens with zero attached hydrogens (tertiary/aromatic N) is 1. The highest BCUT2D eigenvalue weighted by Gasteiger charge is 2.54. The van der Waals surface area contributed by atoms with Crippen molar-refractivity contribution in [1.29, 1.82) is 0 Å². The Hall–Kier alpha value is -2.25. The highest BCUT2D eigenvalue weighted by Crippen LogP contribution is 2.54. The molecule has 1 aromatic rings. The largest absolute Gasteiger partial charge is 0.384 e. The summed E-state index contributed by atoms with van der Waals surface area (Å²) in [7, 11) is 0. The lowest BCUT2D eigenvalue weighted by molar-refractivity contribution is -0.136. The van der Waals surface area contributed by atoms with Gasteiger partial charge in [0.15, 0.2) is 0 Å². The van der Waals surface area contributed by atoms with E-state index in [-0.39, 0.29) is 23.7 Å². The molecule has 2 unspecified atom stereocenters. The van der Waals surface area contributed by atoms with Gasteiger partial charge in [0.05, 0.1) is 5.60 Å². The van der Waals surface area contributed by atoms with Gasteiger partial charge in [-0.15, -0.1) is 0 Å². The highest BCUT2D eigenvalue weighted by atomic mass is 16.3. The zero-order valence-electron chi connectivity index (χ0n) is 16.5. The molecule has 3 N–H and O–H groups in total. The molecule has 1 aromatic carbocycles. The van der Waals surface area contributed by atoms with E-state index in [4.69, 9.17) is 0 Å². The molecule has 3 amide bonds. The molecule has 7 nitrogen and oxygen atoms in total. The predicted octanol–water partition coefficient (Wildman–Crippen LogP) is 1.19. The van der Waals surface area contributed by atoms with Crippen LogP contribution in [0.1, 0.15) is 66.4 Å². The van der Waals surface area contributed by atoms with E-state index in [0.29, 0.717) is 24.9 Å². The van der Waals surface area contributed by atoms with Gasteiger partial charge >= 0.3 is 0 Å². The number of piperidine rings is 2. The van der Waals surface area contributed by atoms with Crippen LogP contribution >= 0.6 is 0 Å². The Labute approximate surface area is 169 Å². The van der Waals surface area contributed by atoms with Gasteiger partial charge in [0, 0.05) is 30.5 Å². The topological polar surface area (TPSA) is 98.7 Å². The second-order valence-electron chi connectivity index (χ2n) is 9.05. The quantitative estimate of drug-likeness (QED) is 0.651. The summed E-state index contributed by atoms with van der Waals surface area (Å²) >= 11 is 0. The third kappa shape index (κ3) is 2.74. The average molecular weight is 397 g/mol. The molecule has 1 aliphatic carbocycles. The first-order chi connectivity index (χ1) is 13.9. The van der Waals surface area contributed by atoms with Crippen LogP contribution < -0.4 is 10.6 Å². The molecule has 3 fully saturated rings. The predicted molar refractivity (Wildman–Crippen MR) is 105 cm³/mol. The summed E-state index contributed by atoms with van der Waals surface area (Å²) in [5.41, 5.74) is 1.30. The molecule has 0 radical (unpaired) electrons. The van der Waals surface area contributed by atoms with E-state index in [9.17, 15) is 19.5 Å². The third-order valence-corrected chi connectivity index (χ3v) is 7.57. The maximum Gasteiger partial charge on any atom is 0.255 e. The van der Waals surface area contributed by atoms with Crippen LogP contribution in [0.25, 0.3) is 0 Å². The first kappa shape index (κ1) is 18.8. The summed E-state index contributed by atoms with van der Waals surface area (Å²) in [6, 6.07) is 5.07. The van der Waals surface area contributed by atoms with Crippen LogP contribution in [-0.2, 0) is 21.7 Å². The Morgan fingerprint density at radius 2 is 1.90 bits per heavy atom. The Morgan fingerprint density at radius 1 is 1.10 bits per heavy atom. The van der Waals surface area contributed by atoms with E-state index in [1.807, 2.05) is 18.2 Å². The minimum atomic E-state index is -0.894. The van der Waals surface area contributed by atoms with Crippen LogP contribution in [-0.4, -0.2) is 46.9 Å². The van der Waals surface area contributed by atoms with Crippen molar-refractivity contribution in [3.8, 4) is 0 Å². The van der Waals surface area contributed by atoms with Crippen molar-refractivity contribution in [3.05, 3.63) is 34.9 Å². The fraction of sp³-hybridized carbons (Fsp3) is 0.591. The SMILES string of the molecule is O=C1CCC(N2Cc3cc(C4(O)CCNCC45CCCC5)ccc3C2=O)C(=O)N1. The number of fused-ring (bicyclic) bond motifs is 1. The van der Waals surface area contributed by atoms with Crippen LogP contribution in [0.2, 0.25) is 0 Å². The Kier molecular flexibility index (Phi) is 4.29. The molecule has 0 bridgehead atoms. The third-order valence-electron chi connectivity index (χ3n) is 7.57. The molecule has 4 aliphatic rings. The monoisotopic (exact) mass is 397 g/mol. The number of nitrogens with one attached hydrogen (secondary N) is 2. The van der Waals surface area contributed by atoms with E-state index < -0.39 is 17.6 Å². The van der Waals surface area contributed by atoms with Gasteiger partial charge in [-0.2, -0.15) is 0 Å². The Bertz CT molecular complexity index is 892. The van der Waals surface area contributed by atoms with Gasteiger partial charge in [-0.3, -0.25) is 19.7 Å². The van der Waals surface area contributed by atoms with Gasteiger partial charge in [0.25, 0.3) is 5.91 Å². The number of hydrogen-bond donors (Lipinski definition) is 3. The lowest BCUT2D eigenvalue weighted by Gasteiger charge is -2.49. The summed E-state index contributed by atoms with van der Waals surface area (Å²) in [5, 5.41) is 17.6. The first-order valence-electron chi connectivity index (χ1n) is 10.6. The zero-order valence-corrected chi connectivity index (χ0v) is 16.5. The number of amides is 3. The normalized spacial score (nSPS) is 31.3. The minimum Gasteiger partial charge on any atom is -0.384 e. The van der Waals surface area contributed by atoms with Crippen LogP contribution in [0.15, 0.2) is 18.2 Å². The maximum atomic E-state index is 12.9. The van der Waals surface area contributed by atoms with Crippen molar-refractivity contribution >= 4 is 17.7 Å². The number of carbonyl (C=O) groups excluding carboxylic acids is 3. The van der Waals surface area contributed by atoms with Crippen LogP contribution in [0.4, 0.5) is 0 Å². The van der Waals surface area contributed by atoms with Crippen molar-refractivity contribution in [2.24, 2.45) is 5.41 Å². The van der Waals surface area contributed by atoms with E-state index in [0.717, 1.165) is 49.9 Å². The molecular formula is C22H27N3O4. The summed E-state index contributed by atoms with van der Waals surface area (Å²) in [5.74, 6) is -0.855. The van der Waals surface area contributed by atoms with Crippen LogP contribution in [0, 0.1) is 5.41 Å². The molecule has 29 heavy (non-hydrogen) atoms. The number of carbonyl (C=O) groups is 3. The number of benzene rings is 1. The van der Waals surface area contributed by atoms with Crippen molar-refractivity contribution in [2.45, 2.75) is 63.1 Å². The zero-order chi connectivity index (χ0) is 20.2. The van der Waals surface area contributed by atoms with Crippen LogP contribution in [0.5, 0.6) is 0 Å². The van der Waals surface area contributed by atoms with Gasteiger partial charge in [-0.05, 0) is 49.4 Å². The smallest absolute Gasteiger partial charge is 0.255 e. The second kappa shape index (κ2) is 6.64. The molecule has 2 saturated heterocycles. The van der Waals surface area contributed by atoms with Gasteiger partial charge < -0.3 is 15.3 Å². The summed E-state index contributed by atoms with van der Waals surface area (Å²) in [4.78, 5) is 38.2. The first-order valence-corrected chi connectivity index (χ1v) is 10.6. The molecule has 3 aliphatic heterocycles. The Morgan fingerprint density at radius 3 is 2.66 bits per heavy atom. The lowest BCUT2D eigenvalue weighted by atomic mass is 9.63. The van der Waals surface area contributed by atoms with Gasteiger partial charge in [-0.1, -0.05) is 25.0 Å². The molecule has 1 spiro atoms. The van der Waals surface area contributed by atoms with E-state index >= 15 is 0 Å². The van der Waals surface area contributed by atoms with Gasteiger partial charge in [-0.25, -0.2) is 0 Å². The lowest BCUT2D eigenvalue weighted by Crippen LogP contribution is -2.55. The van der Waals surface area contributed by atoms with E-state index in [1.165, 1.54) is 0 Å². The summed E-state index contributed by atoms with van der Waals surface area (Å²) in [6.07, 6.45) is 5.56. The molecule has 7 heteroatoms. The number of hydrogen-bond acceptors (Lipinski definition) is 5. The minimum absolute atomic E-state index is 0.147. The van der Waals surface area contributed by atoms with E-state index in [2.05, 4.69) is 10.6 Å². The maximum absolute atomic E-state index is 12.9. The molecule has 5 rings (SSSR count). The molecule has 3 heterocycles.